The minimum atomic E-state index is -1.08. The lowest BCUT2D eigenvalue weighted by Gasteiger charge is -2.35. The van der Waals surface area contributed by atoms with E-state index >= 15 is 0 Å². The van der Waals surface area contributed by atoms with Gasteiger partial charge in [0.05, 0.1) is 26.2 Å². The number of amides is 1. The van der Waals surface area contributed by atoms with E-state index in [9.17, 15) is 14.7 Å². The van der Waals surface area contributed by atoms with Crippen LogP contribution in [0.2, 0.25) is 0 Å². The molecule has 5 nitrogen and oxygen atoms in total. The molecule has 0 saturated carbocycles. The second kappa shape index (κ2) is 8.29. The molecule has 0 unspecified atom stereocenters. The van der Waals surface area contributed by atoms with Gasteiger partial charge in [-0.05, 0) is 50.8 Å². The number of carboxylic acid groups (broad SMARTS) is 1. The minimum absolute atomic E-state index is 0.0409. The second-order valence-corrected chi connectivity index (χ2v) is 6.83. The van der Waals surface area contributed by atoms with Crippen molar-refractivity contribution in [2.24, 2.45) is 0 Å². The van der Waals surface area contributed by atoms with Crippen molar-refractivity contribution in [3.05, 3.63) is 34.9 Å². The van der Waals surface area contributed by atoms with E-state index in [2.05, 4.69) is 39.0 Å². The molecule has 1 aliphatic rings. The Bertz CT molecular complexity index is 592. The number of nitrogens with zero attached hydrogens (tertiary/aromatic N) is 1. The summed E-state index contributed by atoms with van der Waals surface area (Å²) in [7, 11) is 0. The highest BCUT2D eigenvalue weighted by Crippen LogP contribution is 2.15. The van der Waals surface area contributed by atoms with E-state index in [-0.39, 0.29) is 12.3 Å². The zero-order valence-corrected chi connectivity index (χ0v) is 14.9. The number of rotatable bonds is 6. The predicted octanol–water partition coefficient (Wildman–Crippen LogP) is 0.0117. The van der Waals surface area contributed by atoms with Crippen LogP contribution in [0.15, 0.2) is 18.2 Å². The van der Waals surface area contributed by atoms with Crippen LogP contribution in [0.4, 0.5) is 0 Å². The predicted molar refractivity (Wildman–Crippen MR) is 90.5 cm³/mol. The molecular weight excluding hydrogens is 304 g/mol. The van der Waals surface area contributed by atoms with Gasteiger partial charge in [-0.25, -0.2) is 0 Å². The maximum absolute atomic E-state index is 12.1. The van der Waals surface area contributed by atoms with Gasteiger partial charge in [0, 0.05) is 18.0 Å². The zero-order valence-electron chi connectivity index (χ0n) is 14.9. The number of quaternary nitrogens is 1. The van der Waals surface area contributed by atoms with Crippen LogP contribution in [0, 0.1) is 13.8 Å². The molecule has 1 aliphatic heterocycles. The first kappa shape index (κ1) is 18.5. The topological polar surface area (TPSA) is 64.9 Å². The lowest BCUT2D eigenvalue weighted by Crippen LogP contribution is -3.14. The van der Waals surface area contributed by atoms with Gasteiger partial charge in [-0.2, -0.15) is 0 Å². The number of benzene rings is 1. The average molecular weight is 332 g/mol. The molecule has 1 atom stereocenters. The molecule has 0 aromatic heterocycles. The Balaban J connectivity index is 1.84. The summed E-state index contributed by atoms with van der Waals surface area (Å²) in [6.45, 7) is 9.87. The highest BCUT2D eigenvalue weighted by atomic mass is 16.4. The molecule has 1 saturated heterocycles. The fourth-order valence-electron chi connectivity index (χ4n) is 3.29. The van der Waals surface area contributed by atoms with Gasteiger partial charge in [-0.15, -0.1) is 0 Å². The van der Waals surface area contributed by atoms with Gasteiger partial charge in [0.2, 0.25) is 5.91 Å². The van der Waals surface area contributed by atoms with Crippen LogP contribution in [0.5, 0.6) is 0 Å². The third kappa shape index (κ3) is 4.81. The summed E-state index contributed by atoms with van der Waals surface area (Å²) in [5.41, 5.74) is 3.98. The van der Waals surface area contributed by atoms with Gasteiger partial charge in [0.25, 0.3) is 0 Å². The van der Waals surface area contributed by atoms with Crippen LogP contribution >= 0.6 is 0 Å². The molecule has 1 aromatic carbocycles. The molecular formula is C19H28N2O3. The van der Waals surface area contributed by atoms with Crippen LogP contribution in [0.25, 0.3) is 0 Å². The number of hydrogen-bond acceptors (Lipinski definition) is 3. The molecule has 0 spiro atoms. The number of carbonyl (C=O) groups is 2. The molecule has 1 amide bonds. The van der Waals surface area contributed by atoms with E-state index in [0.29, 0.717) is 18.9 Å². The number of carbonyl (C=O) groups excluding carboxylic acids is 2. The van der Waals surface area contributed by atoms with Crippen molar-refractivity contribution >= 4 is 11.9 Å². The number of carboxylic acids is 1. The van der Waals surface area contributed by atoms with Gasteiger partial charge < -0.3 is 19.7 Å². The lowest BCUT2D eigenvalue weighted by molar-refractivity contribution is -0.933. The van der Waals surface area contributed by atoms with Gasteiger partial charge in [-0.3, -0.25) is 4.79 Å². The molecule has 1 fully saturated rings. The number of hydrogen-bond donors (Lipinski definition) is 1. The Labute approximate surface area is 144 Å². The second-order valence-electron chi connectivity index (χ2n) is 6.83. The van der Waals surface area contributed by atoms with Crippen molar-refractivity contribution < 1.29 is 19.6 Å². The monoisotopic (exact) mass is 332 g/mol. The summed E-state index contributed by atoms with van der Waals surface area (Å²) in [5.74, 6) is -1.02. The summed E-state index contributed by atoms with van der Waals surface area (Å²) < 4.78 is 0. The largest absolute Gasteiger partial charge is 0.550 e. The molecule has 1 aromatic rings. The standard InChI is InChI=1S/C19H28N2O3/c1-14-7-8-17(13-15(14)2)16(3)20-9-11-21(12-10-20)18(22)5-4-6-19(23)24/h7-8,13,16H,4-6,9-12H2,1-3H3,(H,23,24)/t16-/m1/s1. The molecule has 0 radical (unpaired) electrons. The van der Waals surface area contributed by atoms with Gasteiger partial charge in [-0.1, -0.05) is 12.1 Å². The zero-order chi connectivity index (χ0) is 17.7. The van der Waals surface area contributed by atoms with E-state index in [4.69, 9.17) is 0 Å². The average Bonchev–Trinajstić information content (AvgIpc) is 2.56. The Morgan fingerprint density at radius 2 is 1.83 bits per heavy atom. The molecule has 1 N–H and O–H groups in total. The minimum Gasteiger partial charge on any atom is -0.550 e. The van der Waals surface area contributed by atoms with Crippen molar-refractivity contribution in [1.29, 1.82) is 0 Å². The molecule has 0 bridgehead atoms. The number of aliphatic carboxylic acids is 1. The van der Waals surface area contributed by atoms with Crippen molar-refractivity contribution in [2.75, 3.05) is 26.2 Å². The van der Waals surface area contributed by atoms with E-state index in [1.165, 1.54) is 21.6 Å². The maximum Gasteiger partial charge on any atom is 0.222 e. The summed E-state index contributed by atoms with van der Waals surface area (Å²) >= 11 is 0. The molecule has 1 heterocycles. The van der Waals surface area contributed by atoms with Crippen molar-refractivity contribution in [1.82, 2.24) is 4.90 Å². The molecule has 24 heavy (non-hydrogen) atoms. The maximum atomic E-state index is 12.1. The highest BCUT2D eigenvalue weighted by Gasteiger charge is 2.27. The van der Waals surface area contributed by atoms with E-state index in [1.807, 2.05) is 4.90 Å². The van der Waals surface area contributed by atoms with Crippen molar-refractivity contribution in [3.8, 4) is 0 Å². The van der Waals surface area contributed by atoms with E-state index in [0.717, 1.165) is 26.2 Å². The Hall–Kier alpha value is -1.88. The normalized spacial score (nSPS) is 16.9. The first-order valence-corrected chi connectivity index (χ1v) is 8.78. The Kier molecular flexibility index (Phi) is 6.37. The van der Waals surface area contributed by atoms with Crippen LogP contribution in [0.1, 0.15) is 48.9 Å². The van der Waals surface area contributed by atoms with Gasteiger partial charge >= 0.3 is 0 Å². The number of nitrogens with one attached hydrogen (secondary N) is 1. The lowest BCUT2D eigenvalue weighted by atomic mass is 10.0. The Morgan fingerprint density at radius 1 is 1.17 bits per heavy atom. The quantitative estimate of drug-likeness (QED) is 0.798. The molecule has 132 valence electrons. The summed E-state index contributed by atoms with van der Waals surface area (Å²) in [6, 6.07) is 7.07. The van der Waals surface area contributed by atoms with E-state index in [1.54, 1.807) is 0 Å². The Morgan fingerprint density at radius 3 is 2.42 bits per heavy atom. The molecule has 2 rings (SSSR count). The first-order valence-electron chi connectivity index (χ1n) is 8.78. The third-order valence-electron chi connectivity index (χ3n) is 5.17. The van der Waals surface area contributed by atoms with Gasteiger partial charge in [0.1, 0.15) is 6.04 Å². The van der Waals surface area contributed by atoms with Crippen molar-refractivity contribution in [2.45, 2.75) is 46.1 Å². The third-order valence-corrected chi connectivity index (χ3v) is 5.17. The fourth-order valence-corrected chi connectivity index (χ4v) is 3.29. The number of aryl methyl sites for hydroxylation is 2. The smallest absolute Gasteiger partial charge is 0.222 e. The van der Waals surface area contributed by atoms with Crippen LogP contribution in [-0.2, 0) is 9.59 Å². The highest BCUT2D eigenvalue weighted by molar-refractivity contribution is 5.76. The number of piperazine rings is 1. The van der Waals surface area contributed by atoms with Crippen LogP contribution in [-0.4, -0.2) is 43.0 Å². The summed E-state index contributed by atoms with van der Waals surface area (Å²) in [6.07, 6.45) is 0.629. The SMILES string of the molecule is Cc1ccc([C@@H](C)[NH+]2CCN(C(=O)CCCC(=O)[O-])CC2)cc1C. The molecule has 5 heteroatoms. The van der Waals surface area contributed by atoms with Crippen LogP contribution < -0.4 is 10.0 Å². The van der Waals surface area contributed by atoms with Crippen LogP contribution in [0.3, 0.4) is 0 Å². The van der Waals surface area contributed by atoms with E-state index < -0.39 is 5.97 Å². The van der Waals surface area contributed by atoms with Crippen molar-refractivity contribution in [3.63, 3.8) is 0 Å². The fraction of sp³-hybridized carbons (Fsp3) is 0.579. The first-order chi connectivity index (χ1) is 11.4. The van der Waals surface area contributed by atoms with Gasteiger partial charge in [0.15, 0.2) is 0 Å². The molecule has 0 aliphatic carbocycles. The summed E-state index contributed by atoms with van der Waals surface area (Å²) in [4.78, 5) is 25.9. The summed E-state index contributed by atoms with van der Waals surface area (Å²) in [5, 5.41) is 10.4.